The number of rotatable bonds is 0. The number of thioether (sulfide) groups is 2. The molecular formula is C20H16Cl2F8PdS2. The summed E-state index contributed by atoms with van der Waals surface area (Å²) in [5.41, 5.74) is 0. The Morgan fingerprint density at radius 3 is 1.06 bits per heavy atom. The molecule has 0 aliphatic carbocycles. The first-order valence-corrected chi connectivity index (χ1v) is 12.1. The molecule has 2 aliphatic rings. The Hall–Kier alpha value is -0.178. The second-order valence-electron chi connectivity index (χ2n) is 6.03. The molecule has 0 bridgehead atoms. The first-order valence-electron chi connectivity index (χ1n) is 9.04. The monoisotopic (exact) mass is 648 g/mol. The fourth-order valence-electron chi connectivity index (χ4n) is 2.01. The van der Waals surface area contributed by atoms with E-state index in [9.17, 15) is 35.1 Å². The summed E-state index contributed by atoms with van der Waals surface area (Å²) >= 11 is 14.2. The second-order valence-corrected chi connectivity index (χ2v) is 9.23. The van der Waals surface area contributed by atoms with Crippen LogP contribution < -0.4 is 0 Å². The standard InChI is InChI=1S/C6Cl2F3.C6F5.2C4H8S.Pd/c7-4-2(9)1-3(10)5(8)6(4)11;7-2-1-3(8)5(10)6(11)4(2)9;2*1-2-4-5-3-1;/h;;2*1-4H2;/q2*-1;;;+2. The first kappa shape index (κ1) is 32.8. The van der Waals surface area contributed by atoms with Crippen molar-refractivity contribution in [2.24, 2.45) is 0 Å². The van der Waals surface area contributed by atoms with Gasteiger partial charge in [0.25, 0.3) is 0 Å². The van der Waals surface area contributed by atoms with E-state index in [1.807, 2.05) is 0 Å². The SMILES string of the molecule is C1CCSC1.C1CCSC1.Fc1[c-]c(F)c(Cl)c(F)c1Cl.Fc1[c-]c(F)c(F)c(F)c1F.[Pd+2]. The minimum Gasteiger partial charge on any atom is -0.278 e. The molecule has 2 fully saturated rings. The van der Waals surface area contributed by atoms with Crippen LogP contribution in [-0.4, -0.2) is 23.0 Å². The summed E-state index contributed by atoms with van der Waals surface area (Å²) in [4.78, 5) is 0. The molecule has 0 N–H and O–H groups in total. The van der Waals surface area contributed by atoms with Gasteiger partial charge in [0.1, 0.15) is 0 Å². The minimum atomic E-state index is -2.17. The van der Waals surface area contributed by atoms with Crippen molar-refractivity contribution >= 4 is 46.7 Å². The van der Waals surface area contributed by atoms with E-state index in [0.717, 1.165) is 6.07 Å². The van der Waals surface area contributed by atoms with Crippen molar-refractivity contribution in [1.29, 1.82) is 0 Å². The van der Waals surface area contributed by atoms with Gasteiger partial charge in [-0.1, -0.05) is 0 Å². The molecule has 33 heavy (non-hydrogen) atoms. The normalized spacial score (nSPS) is 14.1. The third-order valence-corrected chi connectivity index (χ3v) is 6.61. The first-order chi connectivity index (χ1) is 15.1. The van der Waals surface area contributed by atoms with Crippen molar-refractivity contribution in [2.45, 2.75) is 25.7 Å². The van der Waals surface area contributed by atoms with Crippen LogP contribution in [0.2, 0.25) is 10.0 Å². The van der Waals surface area contributed by atoms with Crippen LogP contribution >= 0.6 is 46.7 Å². The Morgan fingerprint density at radius 2 is 0.788 bits per heavy atom. The Bertz CT molecular complexity index is 743. The van der Waals surface area contributed by atoms with E-state index in [4.69, 9.17) is 23.2 Å². The quantitative estimate of drug-likeness (QED) is 0.0925. The Balaban J connectivity index is 0.000000434. The van der Waals surface area contributed by atoms with Crippen molar-refractivity contribution in [3.63, 3.8) is 0 Å². The van der Waals surface area contributed by atoms with Gasteiger partial charge in [-0.3, -0.25) is 8.78 Å². The molecule has 2 aliphatic heterocycles. The number of hydrogen-bond donors (Lipinski definition) is 0. The van der Waals surface area contributed by atoms with Crippen molar-refractivity contribution in [2.75, 3.05) is 23.0 Å². The van der Waals surface area contributed by atoms with Gasteiger partial charge in [-0.25, -0.2) is 26.3 Å². The van der Waals surface area contributed by atoms with Crippen LogP contribution in [-0.2, 0) is 20.4 Å². The summed E-state index contributed by atoms with van der Waals surface area (Å²) in [7, 11) is 0. The van der Waals surface area contributed by atoms with Crippen molar-refractivity contribution in [3.8, 4) is 0 Å². The largest absolute Gasteiger partial charge is 2.00 e. The molecule has 2 aromatic carbocycles. The number of hydrogen-bond acceptors (Lipinski definition) is 2. The molecule has 0 unspecified atom stereocenters. The average molecular weight is 650 g/mol. The zero-order chi connectivity index (χ0) is 24.3. The molecular weight excluding hydrogens is 634 g/mol. The molecule has 0 spiro atoms. The summed E-state index contributed by atoms with van der Waals surface area (Å²) in [5.74, 6) is -8.26. The summed E-state index contributed by atoms with van der Waals surface area (Å²) in [6, 6.07) is 2.53. The van der Waals surface area contributed by atoms with Crippen LogP contribution in [0.4, 0.5) is 35.1 Å². The zero-order valence-corrected chi connectivity index (χ0v) is 21.3. The van der Waals surface area contributed by atoms with Crippen LogP contribution in [0.1, 0.15) is 25.7 Å². The maximum Gasteiger partial charge on any atom is 2.00 e. The maximum atomic E-state index is 12.5. The smallest absolute Gasteiger partial charge is 0.278 e. The summed E-state index contributed by atoms with van der Waals surface area (Å²) in [5, 5.41) is -1.70. The van der Waals surface area contributed by atoms with Gasteiger partial charge in [0.2, 0.25) is 0 Å². The molecule has 0 radical (unpaired) electrons. The summed E-state index contributed by atoms with van der Waals surface area (Å²) < 4.78 is 96.9. The third kappa shape index (κ3) is 11.4. The van der Waals surface area contributed by atoms with Gasteiger partial charge in [-0.15, -0.1) is 12.1 Å². The predicted molar refractivity (Wildman–Crippen MR) is 113 cm³/mol. The molecule has 0 nitrogen and oxygen atoms in total. The molecule has 0 atom stereocenters. The van der Waals surface area contributed by atoms with E-state index < -0.39 is 56.6 Å². The topological polar surface area (TPSA) is 0 Å². The second kappa shape index (κ2) is 17.3. The van der Waals surface area contributed by atoms with Crippen LogP contribution in [0, 0.1) is 58.7 Å². The van der Waals surface area contributed by atoms with E-state index in [2.05, 4.69) is 23.5 Å². The fraction of sp³-hybridized carbons (Fsp3) is 0.400. The van der Waals surface area contributed by atoms with Gasteiger partial charge < -0.3 is 0 Å². The Kier molecular flexibility index (Phi) is 17.2. The van der Waals surface area contributed by atoms with E-state index >= 15 is 0 Å². The fourth-order valence-corrected chi connectivity index (χ4v) is 4.38. The zero-order valence-electron chi connectivity index (χ0n) is 16.6. The summed E-state index contributed by atoms with van der Waals surface area (Å²) in [6.07, 6.45) is 5.85. The maximum absolute atomic E-state index is 12.5. The van der Waals surface area contributed by atoms with Gasteiger partial charge in [-0.2, -0.15) is 46.7 Å². The van der Waals surface area contributed by atoms with Crippen molar-refractivity contribution < 1.29 is 55.5 Å². The Morgan fingerprint density at radius 1 is 0.485 bits per heavy atom. The number of benzene rings is 2. The number of halogens is 10. The molecule has 13 heteroatoms. The van der Waals surface area contributed by atoms with Crippen LogP contribution in [0.3, 0.4) is 0 Å². The van der Waals surface area contributed by atoms with Gasteiger partial charge in [0, 0.05) is 21.7 Å². The third-order valence-electron chi connectivity index (χ3n) is 3.64. The molecule has 2 saturated heterocycles. The Labute approximate surface area is 218 Å². The van der Waals surface area contributed by atoms with Crippen LogP contribution in [0.15, 0.2) is 0 Å². The van der Waals surface area contributed by atoms with Crippen molar-refractivity contribution in [1.82, 2.24) is 0 Å². The van der Waals surface area contributed by atoms with Crippen molar-refractivity contribution in [3.05, 3.63) is 68.7 Å². The molecule has 0 saturated carbocycles. The van der Waals surface area contributed by atoms with Crippen LogP contribution in [0.5, 0.6) is 0 Å². The van der Waals surface area contributed by atoms with Gasteiger partial charge in [0.15, 0.2) is 0 Å². The molecule has 4 rings (SSSR count). The minimum absolute atomic E-state index is 0. The van der Waals surface area contributed by atoms with Gasteiger partial charge >= 0.3 is 20.4 Å². The van der Waals surface area contributed by atoms with E-state index in [-0.39, 0.29) is 20.4 Å². The molecule has 188 valence electrons. The van der Waals surface area contributed by atoms with E-state index in [0.29, 0.717) is 0 Å². The van der Waals surface area contributed by atoms with E-state index in [1.165, 1.54) is 54.8 Å². The molecule has 2 heterocycles. The average Bonchev–Trinajstić information content (AvgIpc) is 3.53. The molecule has 0 amide bonds. The van der Waals surface area contributed by atoms with E-state index in [1.54, 1.807) is 0 Å². The molecule has 2 aromatic rings. The van der Waals surface area contributed by atoms with Gasteiger partial charge in [0.05, 0.1) is 34.9 Å². The summed E-state index contributed by atoms with van der Waals surface area (Å²) in [6.45, 7) is 0. The van der Waals surface area contributed by atoms with Crippen LogP contribution in [0.25, 0.3) is 0 Å². The molecule has 0 aromatic heterocycles. The van der Waals surface area contributed by atoms with Gasteiger partial charge in [-0.05, 0) is 48.7 Å². The predicted octanol–water partition coefficient (Wildman–Crippen LogP) is 8.42.